The zero-order chi connectivity index (χ0) is 13.7. The van der Waals surface area contributed by atoms with Crippen LogP contribution in [0.15, 0.2) is 42.7 Å². The minimum Gasteiger partial charge on any atom is -0.489 e. The summed E-state index contributed by atoms with van der Waals surface area (Å²) in [5.41, 5.74) is 3.45. The number of nitrogens with zero attached hydrogens (tertiary/aromatic N) is 1. The van der Waals surface area contributed by atoms with E-state index in [2.05, 4.69) is 17.2 Å². The van der Waals surface area contributed by atoms with Gasteiger partial charge in [-0.3, -0.25) is 4.98 Å². The van der Waals surface area contributed by atoms with Gasteiger partial charge in [-0.25, -0.2) is 0 Å². The van der Waals surface area contributed by atoms with Crippen LogP contribution in [0.2, 0.25) is 0 Å². The standard InChI is InChI=1S/C16H20N2O/c1-12(2)19-16-7-5-4-6-15(16)18-11-14-10-17-9-8-13(14)3/h4-10,12,18H,11H2,1-3H3. The molecular formula is C16H20N2O. The van der Waals surface area contributed by atoms with Gasteiger partial charge in [-0.2, -0.15) is 0 Å². The van der Waals surface area contributed by atoms with Gasteiger partial charge in [0.05, 0.1) is 11.8 Å². The van der Waals surface area contributed by atoms with E-state index >= 15 is 0 Å². The molecule has 0 saturated heterocycles. The molecule has 1 N–H and O–H groups in total. The van der Waals surface area contributed by atoms with Gasteiger partial charge in [0.1, 0.15) is 5.75 Å². The molecule has 2 aromatic rings. The Balaban J connectivity index is 2.09. The lowest BCUT2D eigenvalue weighted by Crippen LogP contribution is -2.09. The first kappa shape index (κ1) is 13.4. The summed E-state index contributed by atoms with van der Waals surface area (Å²) in [5.74, 6) is 0.888. The first-order chi connectivity index (χ1) is 9.16. The Kier molecular flexibility index (Phi) is 4.39. The predicted octanol–water partition coefficient (Wildman–Crippen LogP) is 3.79. The van der Waals surface area contributed by atoms with Crippen LogP contribution in [0.25, 0.3) is 0 Å². The van der Waals surface area contributed by atoms with Crippen molar-refractivity contribution >= 4 is 5.69 Å². The number of rotatable bonds is 5. The van der Waals surface area contributed by atoms with Gasteiger partial charge in [-0.05, 0) is 50.1 Å². The number of hydrogen-bond acceptors (Lipinski definition) is 3. The SMILES string of the molecule is Cc1ccncc1CNc1ccccc1OC(C)C. The van der Waals surface area contributed by atoms with Gasteiger partial charge < -0.3 is 10.1 Å². The Hall–Kier alpha value is -2.03. The normalized spacial score (nSPS) is 10.5. The van der Waals surface area contributed by atoms with Crippen molar-refractivity contribution in [3.8, 4) is 5.75 Å². The Morgan fingerprint density at radius 1 is 1.21 bits per heavy atom. The van der Waals surface area contributed by atoms with Crippen molar-refractivity contribution in [2.75, 3.05) is 5.32 Å². The number of ether oxygens (including phenoxy) is 1. The van der Waals surface area contributed by atoms with Crippen LogP contribution in [0.5, 0.6) is 5.75 Å². The van der Waals surface area contributed by atoms with Crippen LogP contribution in [0.4, 0.5) is 5.69 Å². The summed E-state index contributed by atoms with van der Waals surface area (Å²) in [6.45, 7) is 6.90. The minimum atomic E-state index is 0.170. The maximum atomic E-state index is 5.79. The van der Waals surface area contributed by atoms with Crippen LogP contribution >= 0.6 is 0 Å². The van der Waals surface area contributed by atoms with Gasteiger partial charge in [0.25, 0.3) is 0 Å². The quantitative estimate of drug-likeness (QED) is 0.883. The number of nitrogens with one attached hydrogen (secondary N) is 1. The summed E-state index contributed by atoms with van der Waals surface area (Å²) in [6.07, 6.45) is 3.88. The van der Waals surface area contributed by atoms with Gasteiger partial charge in [-0.1, -0.05) is 12.1 Å². The van der Waals surface area contributed by atoms with E-state index < -0.39 is 0 Å². The topological polar surface area (TPSA) is 34.2 Å². The molecule has 1 aromatic carbocycles. The number of aromatic nitrogens is 1. The summed E-state index contributed by atoms with van der Waals surface area (Å²) in [7, 11) is 0. The molecule has 0 aliphatic rings. The Morgan fingerprint density at radius 3 is 2.74 bits per heavy atom. The summed E-state index contributed by atoms with van der Waals surface area (Å²) < 4.78 is 5.79. The highest BCUT2D eigenvalue weighted by atomic mass is 16.5. The largest absolute Gasteiger partial charge is 0.489 e. The van der Waals surface area contributed by atoms with Crippen LogP contribution in [0.1, 0.15) is 25.0 Å². The molecule has 19 heavy (non-hydrogen) atoms. The van der Waals surface area contributed by atoms with Crippen LogP contribution < -0.4 is 10.1 Å². The molecule has 0 saturated carbocycles. The van der Waals surface area contributed by atoms with E-state index in [9.17, 15) is 0 Å². The van der Waals surface area contributed by atoms with E-state index in [4.69, 9.17) is 4.74 Å². The van der Waals surface area contributed by atoms with E-state index in [-0.39, 0.29) is 6.10 Å². The third-order valence-electron chi connectivity index (χ3n) is 2.87. The second-order valence-electron chi connectivity index (χ2n) is 4.82. The predicted molar refractivity (Wildman–Crippen MR) is 78.5 cm³/mol. The van der Waals surface area contributed by atoms with Crippen molar-refractivity contribution < 1.29 is 4.74 Å². The second-order valence-corrected chi connectivity index (χ2v) is 4.82. The summed E-state index contributed by atoms with van der Waals surface area (Å²) in [4.78, 5) is 4.16. The highest BCUT2D eigenvalue weighted by molar-refractivity contribution is 5.56. The van der Waals surface area contributed by atoms with E-state index in [0.717, 1.165) is 18.0 Å². The van der Waals surface area contributed by atoms with Gasteiger partial charge in [0.15, 0.2) is 0 Å². The highest BCUT2D eigenvalue weighted by Gasteiger charge is 2.05. The van der Waals surface area contributed by atoms with Crippen LogP contribution in [-0.2, 0) is 6.54 Å². The number of hydrogen-bond donors (Lipinski definition) is 1. The smallest absolute Gasteiger partial charge is 0.142 e. The molecule has 0 bridgehead atoms. The number of anilines is 1. The molecule has 3 heteroatoms. The monoisotopic (exact) mass is 256 g/mol. The zero-order valence-electron chi connectivity index (χ0n) is 11.7. The fourth-order valence-corrected chi connectivity index (χ4v) is 1.84. The highest BCUT2D eigenvalue weighted by Crippen LogP contribution is 2.25. The van der Waals surface area contributed by atoms with Crippen molar-refractivity contribution in [2.24, 2.45) is 0 Å². The van der Waals surface area contributed by atoms with Crippen molar-refractivity contribution in [3.05, 3.63) is 53.9 Å². The fourth-order valence-electron chi connectivity index (χ4n) is 1.84. The number of pyridine rings is 1. The summed E-state index contributed by atoms with van der Waals surface area (Å²) in [6, 6.07) is 10.0. The van der Waals surface area contributed by atoms with Gasteiger partial charge in [-0.15, -0.1) is 0 Å². The molecule has 0 spiro atoms. The molecule has 0 atom stereocenters. The van der Waals surface area contributed by atoms with E-state index in [1.165, 1.54) is 11.1 Å². The molecule has 0 aliphatic carbocycles. The summed E-state index contributed by atoms with van der Waals surface area (Å²) >= 11 is 0. The lowest BCUT2D eigenvalue weighted by molar-refractivity contribution is 0.243. The van der Waals surface area contributed by atoms with E-state index in [1.807, 2.05) is 56.6 Å². The van der Waals surface area contributed by atoms with Crippen LogP contribution in [0.3, 0.4) is 0 Å². The average Bonchev–Trinajstić information content (AvgIpc) is 2.39. The molecule has 0 fully saturated rings. The van der Waals surface area contributed by atoms with Crippen molar-refractivity contribution in [3.63, 3.8) is 0 Å². The molecule has 3 nitrogen and oxygen atoms in total. The third kappa shape index (κ3) is 3.71. The van der Waals surface area contributed by atoms with Crippen molar-refractivity contribution in [2.45, 2.75) is 33.4 Å². The number of benzene rings is 1. The van der Waals surface area contributed by atoms with Gasteiger partial charge >= 0.3 is 0 Å². The molecule has 1 aromatic heterocycles. The lowest BCUT2D eigenvalue weighted by atomic mass is 10.1. The van der Waals surface area contributed by atoms with Gasteiger partial charge in [0, 0.05) is 18.9 Å². The summed E-state index contributed by atoms with van der Waals surface area (Å²) in [5, 5.41) is 3.41. The van der Waals surface area contributed by atoms with Gasteiger partial charge in [0.2, 0.25) is 0 Å². The number of aryl methyl sites for hydroxylation is 1. The molecule has 2 rings (SSSR count). The Bertz CT molecular complexity index is 538. The molecule has 0 unspecified atom stereocenters. The molecular weight excluding hydrogens is 236 g/mol. The van der Waals surface area contributed by atoms with E-state index in [0.29, 0.717) is 0 Å². The lowest BCUT2D eigenvalue weighted by Gasteiger charge is -2.15. The van der Waals surface area contributed by atoms with E-state index in [1.54, 1.807) is 0 Å². The fraction of sp³-hybridized carbons (Fsp3) is 0.312. The maximum Gasteiger partial charge on any atom is 0.142 e. The molecule has 0 amide bonds. The Morgan fingerprint density at radius 2 is 2.00 bits per heavy atom. The zero-order valence-corrected chi connectivity index (χ0v) is 11.7. The van der Waals surface area contributed by atoms with Crippen molar-refractivity contribution in [1.29, 1.82) is 0 Å². The molecule has 100 valence electrons. The minimum absolute atomic E-state index is 0.170. The third-order valence-corrected chi connectivity index (χ3v) is 2.87. The maximum absolute atomic E-state index is 5.79. The average molecular weight is 256 g/mol. The Labute approximate surface area is 114 Å². The molecule has 0 aliphatic heterocycles. The first-order valence-corrected chi connectivity index (χ1v) is 6.56. The van der Waals surface area contributed by atoms with Crippen LogP contribution in [-0.4, -0.2) is 11.1 Å². The first-order valence-electron chi connectivity index (χ1n) is 6.56. The van der Waals surface area contributed by atoms with Crippen LogP contribution in [0, 0.1) is 6.92 Å². The second kappa shape index (κ2) is 6.23. The molecule has 0 radical (unpaired) electrons. The van der Waals surface area contributed by atoms with Crippen molar-refractivity contribution in [1.82, 2.24) is 4.98 Å². The molecule has 1 heterocycles. The number of para-hydroxylation sites is 2.